The van der Waals surface area contributed by atoms with Gasteiger partial charge in [-0.3, -0.25) is 0 Å². The monoisotopic (exact) mass is 345 g/mol. The highest BCUT2D eigenvalue weighted by atomic mass is 16.7. The van der Waals surface area contributed by atoms with Gasteiger partial charge >= 0.3 is 6.09 Å². The molecule has 1 aromatic carbocycles. The largest absolute Gasteiger partial charge is 0.445 e. The van der Waals surface area contributed by atoms with Gasteiger partial charge in [-0.2, -0.15) is 0 Å². The second-order valence-electron chi connectivity index (χ2n) is 7.63. The molecule has 3 aliphatic rings. The lowest BCUT2D eigenvalue weighted by molar-refractivity contribution is -0.195. The predicted octanol–water partition coefficient (Wildman–Crippen LogP) is 3.72. The van der Waals surface area contributed by atoms with Gasteiger partial charge in [0, 0.05) is 25.9 Å². The second-order valence-corrected chi connectivity index (χ2v) is 7.63. The Hall–Kier alpha value is -1.59. The number of rotatable bonds is 2. The van der Waals surface area contributed by atoms with Gasteiger partial charge in [0.25, 0.3) is 0 Å². The lowest BCUT2D eigenvalue weighted by Gasteiger charge is -2.47. The van der Waals surface area contributed by atoms with E-state index in [1.54, 1.807) is 0 Å². The first-order valence-electron chi connectivity index (χ1n) is 9.42. The molecule has 3 fully saturated rings. The minimum atomic E-state index is -0.295. The summed E-state index contributed by atoms with van der Waals surface area (Å²) in [5, 5.41) is 0. The minimum absolute atomic E-state index is 0.187. The number of piperidine rings is 1. The molecule has 2 heterocycles. The summed E-state index contributed by atoms with van der Waals surface area (Å²) in [5.74, 6) is -0.295. The molecule has 1 aromatic rings. The van der Waals surface area contributed by atoms with Crippen molar-refractivity contribution in [3.05, 3.63) is 35.9 Å². The fraction of sp³-hybridized carbons (Fsp3) is 0.650. The zero-order valence-corrected chi connectivity index (χ0v) is 14.7. The Morgan fingerprint density at radius 3 is 2.24 bits per heavy atom. The highest BCUT2D eigenvalue weighted by Gasteiger charge is 2.47. The summed E-state index contributed by atoms with van der Waals surface area (Å²) in [4.78, 5) is 14.2. The van der Waals surface area contributed by atoms with Crippen LogP contribution >= 0.6 is 0 Å². The quantitative estimate of drug-likeness (QED) is 0.820. The summed E-state index contributed by atoms with van der Waals surface area (Å²) < 4.78 is 17.2. The van der Waals surface area contributed by atoms with Crippen molar-refractivity contribution in [1.82, 2.24) is 4.90 Å². The number of nitrogens with zero attached hydrogens (tertiary/aromatic N) is 1. The average molecular weight is 345 g/mol. The van der Waals surface area contributed by atoms with Crippen LogP contribution in [0.3, 0.4) is 0 Å². The summed E-state index contributed by atoms with van der Waals surface area (Å²) in [6.45, 7) is 3.39. The van der Waals surface area contributed by atoms with E-state index in [0.717, 1.165) is 70.4 Å². The van der Waals surface area contributed by atoms with Gasteiger partial charge in [0.05, 0.1) is 13.2 Å². The van der Waals surface area contributed by atoms with Crippen molar-refractivity contribution in [1.29, 1.82) is 0 Å². The van der Waals surface area contributed by atoms with Crippen molar-refractivity contribution in [2.24, 2.45) is 5.41 Å². The Balaban J connectivity index is 1.25. The molecule has 2 saturated heterocycles. The molecular formula is C20H27NO4. The van der Waals surface area contributed by atoms with Gasteiger partial charge in [-0.05, 0) is 36.7 Å². The van der Waals surface area contributed by atoms with Gasteiger partial charge < -0.3 is 19.1 Å². The highest BCUT2D eigenvalue weighted by molar-refractivity contribution is 5.67. The van der Waals surface area contributed by atoms with Crippen LogP contribution < -0.4 is 0 Å². The maximum Gasteiger partial charge on any atom is 0.410 e. The van der Waals surface area contributed by atoms with E-state index < -0.39 is 0 Å². The molecule has 25 heavy (non-hydrogen) atoms. The Kier molecular flexibility index (Phi) is 4.69. The van der Waals surface area contributed by atoms with Gasteiger partial charge in [0.1, 0.15) is 6.61 Å². The number of ether oxygens (including phenoxy) is 3. The van der Waals surface area contributed by atoms with Crippen LogP contribution in [0.25, 0.3) is 0 Å². The van der Waals surface area contributed by atoms with Crippen LogP contribution in [0.2, 0.25) is 0 Å². The van der Waals surface area contributed by atoms with E-state index in [0.29, 0.717) is 12.0 Å². The third-order valence-electron chi connectivity index (χ3n) is 6.17. The van der Waals surface area contributed by atoms with Crippen molar-refractivity contribution >= 4 is 6.09 Å². The molecule has 2 spiro atoms. The van der Waals surface area contributed by atoms with Gasteiger partial charge in [-0.1, -0.05) is 30.3 Å². The van der Waals surface area contributed by atoms with E-state index in [-0.39, 0.29) is 11.9 Å². The topological polar surface area (TPSA) is 48.0 Å². The summed E-state index contributed by atoms with van der Waals surface area (Å²) in [6.07, 6.45) is 6.19. The van der Waals surface area contributed by atoms with Crippen LogP contribution in [-0.2, 0) is 20.8 Å². The van der Waals surface area contributed by atoms with Gasteiger partial charge in [0.2, 0.25) is 0 Å². The van der Waals surface area contributed by atoms with Crippen LogP contribution in [-0.4, -0.2) is 43.1 Å². The van der Waals surface area contributed by atoms with Gasteiger partial charge in [0.15, 0.2) is 5.79 Å². The first-order valence-corrected chi connectivity index (χ1v) is 9.42. The minimum Gasteiger partial charge on any atom is -0.445 e. The Morgan fingerprint density at radius 1 is 0.960 bits per heavy atom. The summed E-state index contributed by atoms with van der Waals surface area (Å²) >= 11 is 0. The number of carbonyl (C=O) groups excluding carboxylic acids is 1. The van der Waals surface area contributed by atoms with Crippen molar-refractivity contribution in [3.8, 4) is 0 Å². The van der Waals surface area contributed by atoms with Crippen molar-refractivity contribution in [3.63, 3.8) is 0 Å². The number of likely N-dealkylation sites (tertiary alicyclic amines) is 1. The second kappa shape index (κ2) is 6.96. The fourth-order valence-corrected chi connectivity index (χ4v) is 4.42. The number of benzene rings is 1. The van der Waals surface area contributed by atoms with Crippen LogP contribution in [0.5, 0.6) is 0 Å². The van der Waals surface area contributed by atoms with E-state index in [9.17, 15) is 4.79 Å². The van der Waals surface area contributed by atoms with Gasteiger partial charge in [-0.25, -0.2) is 4.79 Å². The summed E-state index contributed by atoms with van der Waals surface area (Å²) in [5.41, 5.74) is 1.38. The molecule has 0 atom stereocenters. The van der Waals surface area contributed by atoms with E-state index in [2.05, 4.69) is 0 Å². The third kappa shape index (κ3) is 3.67. The van der Waals surface area contributed by atoms with E-state index in [1.165, 1.54) is 0 Å². The Morgan fingerprint density at radius 2 is 1.60 bits per heavy atom. The van der Waals surface area contributed by atoms with E-state index >= 15 is 0 Å². The smallest absolute Gasteiger partial charge is 0.410 e. The lowest BCUT2D eigenvalue weighted by atomic mass is 9.66. The standard InChI is InChI=1S/C20H27NO4/c22-18(23-16-17-4-2-1-3-5-17)21-12-10-19(11-13-21)6-8-20(9-7-19)24-14-15-25-20/h1-5H,6-16H2. The van der Waals surface area contributed by atoms with Crippen LogP contribution in [0.15, 0.2) is 30.3 Å². The van der Waals surface area contributed by atoms with Crippen molar-refractivity contribution < 1.29 is 19.0 Å². The SMILES string of the molecule is O=C(OCc1ccccc1)N1CCC2(CC1)CCC1(CC2)OCCO1. The first-order chi connectivity index (χ1) is 12.2. The number of amides is 1. The van der Waals surface area contributed by atoms with Crippen LogP contribution in [0.4, 0.5) is 4.79 Å². The summed E-state index contributed by atoms with van der Waals surface area (Å²) in [7, 11) is 0. The fourth-order valence-electron chi connectivity index (χ4n) is 4.42. The molecule has 1 amide bonds. The molecule has 136 valence electrons. The zero-order chi connectivity index (χ0) is 17.2. The van der Waals surface area contributed by atoms with Crippen molar-refractivity contribution in [2.45, 2.75) is 50.9 Å². The van der Waals surface area contributed by atoms with Crippen LogP contribution in [0.1, 0.15) is 44.1 Å². The van der Waals surface area contributed by atoms with Crippen molar-refractivity contribution in [2.75, 3.05) is 26.3 Å². The van der Waals surface area contributed by atoms with Crippen LogP contribution in [0, 0.1) is 5.41 Å². The highest BCUT2D eigenvalue weighted by Crippen LogP contribution is 2.49. The Labute approximate surface area is 149 Å². The molecule has 0 unspecified atom stereocenters. The molecule has 4 rings (SSSR count). The first kappa shape index (κ1) is 16.9. The zero-order valence-electron chi connectivity index (χ0n) is 14.7. The maximum absolute atomic E-state index is 12.3. The predicted molar refractivity (Wildman–Crippen MR) is 93.0 cm³/mol. The molecule has 0 radical (unpaired) electrons. The molecule has 0 N–H and O–H groups in total. The normalized spacial score (nSPS) is 24.6. The third-order valence-corrected chi connectivity index (χ3v) is 6.17. The maximum atomic E-state index is 12.3. The molecule has 5 nitrogen and oxygen atoms in total. The Bertz CT molecular complexity index is 577. The summed E-state index contributed by atoms with van der Waals surface area (Å²) in [6, 6.07) is 9.83. The molecule has 1 saturated carbocycles. The molecule has 5 heteroatoms. The molecule has 0 bridgehead atoms. The van der Waals surface area contributed by atoms with Gasteiger partial charge in [-0.15, -0.1) is 0 Å². The van der Waals surface area contributed by atoms with E-state index in [1.807, 2.05) is 35.2 Å². The number of carbonyl (C=O) groups is 1. The number of hydrogen-bond donors (Lipinski definition) is 0. The molecule has 0 aromatic heterocycles. The molecular weight excluding hydrogens is 318 g/mol. The molecule has 2 aliphatic heterocycles. The number of hydrogen-bond acceptors (Lipinski definition) is 4. The lowest BCUT2D eigenvalue weighted by Crippen LogP contribution is -2.47. The van der Waals surface area contributed by atoms with E-state index in [4.69, 9.17) is 14.2 Å². The molecule has 1 aliphatic carbocycles. The average Bonchev–Trinajstić information content (AvgIpc) is 3.13.